The van der Waals surface area contributed by atoms with Crippen molar-refractivity contribution < 1.29 is 9.84 Å². The zero-order chi connectivity index (χ0) is 15.1. The third-order valence-corrected chi connectivity index (χ3v) is 4.62. The fraction of sp³-hybridized carbons (Fsp3) is 1.00. The van der Waals surface area contributed by atoms with E-state index < -0.39 is 0 Å². The summed E-state index contributed by atoms with van der Waals surface area (Å²) in [4.78, 5) is 9.88. The fourth-order valence-electron chi connectivity index (χ4n) is 3.09. The second-order valence-corrected chi connectivity index (χ2v) is 6.40. The van der Waals surface area contributed by atoms with Gasteiger partial charge in [-0.05, 0) is 7.05 Å². The fourth-order valence-corrected chi connectivity index (χ4v) is 3.09. The molecule has 2 fully saturated rings. The van der Waals surface area contributed by atoms with Gasteiger partial charge in [0.25, 0.3) is 0 Å². The van der Waals surface area contributed by atoms with Gasteiger partial charge in [-0.3, -0.25) is 14.7 Å². The Bertz CT molecular complexity index is 277. The summed E-state index contributed by atoms with van der Waals surface area (Å²) < 4.78 is 4.98. The third kappa shape index (κ3) is 6.18. The first-order valence-electron chi connectivity index (χ1n) is 8.20. The molecule has 21 heavy (non-hydrogen) atoms. The maximum absolute atomic E-state index is 9.77. The Morgan fingerprint density at radius 2 is 1.33 bits per heavy atom. The molecule has 2 aliphatic heterocycles. The first kappa shape index (κ1) is 17.1. The SMILES string of the molecule is COCC(O)CN1CCN(CCN2CCN(C)CC2)CC1. The molecule has 2 heterocycles. The van der Waals surface area contributed by atoms with Crippen molar-refractivity contribution in [2.45, 2.75) is 6.10 Å². The summed E-state index contributed by atoms with van der Waals surface area (Å²) >= 11 is 0. The number of ether oxygens (including phenoxy) is 1. The van der Waals surface area contributed by atoms with E-state index in [0.717, 1.165) is 32.7 Å². The lowest BCUT2D eigenvalue weighted by atomic mass is 10.2. The van der Waals surface area contributed by atoms with E-state index in [1.165, 1.54) is 39.3 Å². The molecular weight excluding hydrogens is 268 g/mol. The van der Waals surface area contributed by atoms with Crippen LogP contribution in [0.1, 0.15) is 0 Å². The number of likely N-dealkylation sites (N-methyl/N-ethyl adjacent to an activating group) is 1. The van der Waals surface area contributed by atoms with Crippen molar-refractivity contribution in [2.24, 2.45) is 0 Å². The topological polar surface area (TPSA) is 42.4 Å². The molecule has 2 rings (SSSR count). The van der Waals surface area contributed by atoms with Crippen LogP contribution in [0.15, 0.2) is 0 Å². The molecule has 0 aliphatic carbocycles. The first-order valence-corrected chi connectivity index (χ1v) is 8.20. The van der Waals surface area contributed by atoms with E-state index in [0.29, 0.717) is 6.61 Å². The average molecular weight is 300 g/mol. The van der Waals surface area contributed by atoms with Crippen molar-refractivity contribution >= 4 is 0 Å². The first-order chi connectivity index (χ1) is 10.2. The Morgan fingerprint density at radius 3 is 1.86 bits per heavy atom. The zero-order valence-corrected chi connectivity index (χ0v) is 13.7. The number of β-amino-alcohol motifs (C(OH)–C–C–N with tert-alkyl or cyclic N) is 1. The summed E-state index contributed by atoms with van der Waals surface area (Å²) in [5, 5.41) is 9.77. The van der Waals surface area contributed by atoms with Crippen LogP contribution in [-0.2, 0) is 4.74 Å². The van der Waals surface area contributed by atoms with Gasteiger partial charge in [0, 0.05) is 79.1 Å². The van der Waals surface area contributed by atoms with Crippen LogP contribution in [0, 0.1) is 0 Å². The normalized spacial score (nSPS) is 25.3. The molecule has 2 aliphatic rings. The Hall–Kier alpha value is -0.240. The predicted octanol–water partition coefficient (Wildman–Crippen LogP) is -1.14. The summed E-state index contributed by atoms with van der Waals surface area (Å²) in [5.41, 5.74) is 0. The Labute approximate surface area is 129 Å². The molecule has 0 radical (unpaired) electrons. The quantitative estimate of drug-likeness (QED) is 0.641. The van der Waals surface area contributed by atoms with Gasteiger partial charge in [-0.2, -0.15) is 0 Å². The van der Waals surface area contributed by atoms with Crippen molar-refractivity contribution in [1.82, 2.24) is 19.6 Å². The van der Waals surface area contributed by atoms with Crippen molar-refractivity contribution in [3.8, 4) is 0 Å². The minimum Gasteiger partial charge on any atom is -0.389 e. The lowest BCUT2D eigenvalue weighted by molar-refractivity contribution is 0.0223. The highest BCUT2D eigenvalue weighted by Crippen LogP contribution is 2.05. The largest absolute Gasteiger partial charge is 0.389 e. The Morgan fingerprint density at radius 1 is 0.857 bits per heavy atom. The maximum Gasteiger partial charge on any atom is 0.0900 e. The van der Waals surface area contributed by atoms with Gasteiger partial charge in [-0.15, -0.1) is 0 Å². The molecule has 0 spiro atoms. The van der Waals surface area contributed by atoms with Gasteiger partial charge < -0.3 is 14.7 Å². The molecule has 1 atom stereocenters. The second kappa shape index (κ2) is 9.02. The highest BCUT2D eigenvalue weighted by molar-refractivity contribution is 4.76. The monoisotopic (exact) mass is 300 g/mol. The standard InChI is InChI=1S/C15H32N4O2/c1-16-3-5-17(6-4-16)7-8-18-9-11-19(12-10-18)13-15(20)14-21-2/h15,20H,3-14H2,1-2H3. The number of hydrogen-bond acceptors (Lipinski definition) is 6. The number of piperazine rings is 2. The van der Waals surface area contributed by atoms with Crippen molar-refractivity contribution in [2.75, 3.05) is 92.8 Å². The van der Waals surface area contributed by atoms with Crippen molar-refractivity contribution in [1.29, 1.82) is 0 Å². The van der Waals surface area contributed by atoms with Crippen LogP contribution < -0.4 is 0 Å². The van der Waals surface area contributed by atoms with E-state index in [4.69, 9.17) is 4.74 Å². The van der Waals surface area contributed by atoms with Crippen LogP contribution in [0.4, 0.5) is 0 Å². The van der Waals surface area contributed by atoms with Crippen molar-refractivity contribution in [3.05, 3.63) is 0 Å². The van der Waals surface area contributed by atoms with Crippen molar-refractivity contribution in [3.63, 3.8) is 0 Å². The predicted molar refractivity (Wildman–Crippen MR) is 84.7 cm³/mol. The minimum atomic E-state index is -0.355. The zero-order valence-electron chi connectivity index (χ0n) is 13.7. The van der Waals surface area contributed by atoms with E-state index in [1.807, 2.05) is 0 Å². The van der Waals surface area contributed by atoms with Gasteiger partial charge in [0.1, 0.15) is 0 Å². The third-order valence-electron chi connectivity index (χ3n) is 4.62. The number of aliphatic hydroxyl groups excluding tert-OH is 1. The van der Waals surface area contributed by atoms with Crippen LogP contribution in [0.5, 0.6) is 0 Å². The van der Waals surface area contributed by atoms with Gasteiger partial charge in [-0.1, -0.05) is 0 Å². The van der Waals surface area contributed by atoms with Crippen LogP contribution in [0.25, 0.3) is 0 Å². The molecular formula is C15H32N4O2. The lowest BCUT2D eigenvalue weighted by Gasteiger charge is -2.38. The minimum absolute atomic E-state index is 0.355. The highest BCUT2D eigenvalue weighted by Gasteiger charge is 2.20. The van der Waals surface area contributed by atoms with E-state index in [2.05, 4.69) is 26.6 Å². The molecule has 1 unspecified atom stereocenters. The Balaban J connectivity index is 1.56. The molecule has 0 aromatic heterocycles. The molecule has 124 valence electrons. The lowest BCUT2D eigenvalue weighted by Crippen LogP contribution is -2.52. The van der Waals surface area contributed by atoms with E-state index in [9.17, 15) is 5.11 Å². The molecule has 0 aromatic carbocycles. The van der Waals surface area contributed by atoms with Crippen LogP contribution in [0.3, 0.4) is 0 Å². The number of rotatable bonds is 7. The summed E-state index contributed by atoms with van der Waals surface area (Å²) in [6.45, 7) is 12.7. The number of aliphatic hydroxyl groups is 1. The van der Waals surface area contributed by atoms with E-state index in [-0.39, 0.29) is 6.10 Å². The molecule has 6 heteroatoms. The second-order valence-electron chi connectivity index (χ2n) is 6.40. The van der Waals surface area contributed by atoms with Crippen LogP contribution in [0.2, 0.25) is 0 Å². The summed E-state index contributed by atoms with van der Waals surface area (Å²) in [6, 6.07) is 0. The molecule has 2 saturated heterocycles. The molecule has 1 N–H and O–H groups in total. The molecule has 0 amide bonds. The molecule has 0 bridgehead atoms. The molecule has 0 saturated carbocycles. The smallest absolute Gasteiger partial charge is 0.0900 e. The van der Waals surface area contributed by atoms with Gasteiger partial charge in [-0.25, -0.2) is 0 Å². The van der Waals surface area contributed by atoms with Gasteiger partial charge in [0.05, 0.1) is 12.7 Å². The average Bonchev–Trinajstić information content (AvgIpc) is 2.48. The molecule has 6 nitrogen and oxygen atoms in total. The Kier molecular flexibility index (Phi) is 7.36. The highest BCUT2D eigenvalue weighted by atomic mass is 16.5. The summed E-state index contributed by atoms with van der Waals surface area (Å²) in [7, 11) is 3.84. The van der Waals surface area contributed by atoms with E-state index in [1.54, 1.807) is 7.11 Å². The molecule has 0 aromatic rings. The van der Waals surface area contributed by atoms with Crippen LogP contribution >= 0.6 is 0 Å². The van der Waals surface area contributed by atoms with Gasteiger partial charge in [0.2, 0.25) is 0 Å². The van der Waals surface area contributed by atoms with E-state index >= 15 is 0 Å². The summed E-state index contributed by atoms with van der Waals surface area (Å²) in [5.74, 6) is 0. The number of hydrogen-bond donors (Lipinski definition) is 1. The number of nitrogens with zero attached hydrogens (tertiary/aromatic N) is 4. The van der Waals surface area contributed by atoms with Gasteiger partial charge >= 0.3 is 0 Å². The maximum atomic E-state index is 9.77. The van der Waals surface area contributed by atoms with Gasteiger partial charge in [0.15, 0.2) is 0 Å². The van der Waals surface area contributed by atoms with Crippen LogP contribution in [-0.4, -0.2) is 124 Å². The number of methoxy groups -OCH3 is 1. The summed E-state index contributed by atoms with van der Waals surface area (Å²) in [6.07, 6.45) is -0.355.